The van der Waals surface area contributed by atoms with Crippen molar-refractivity contribution in [3.05, 3.63) is 34.6 Å². The van der Waals surface area contributed by atoms with Gasteiger partial charge in [0, 0.05) is 19.4 Å². The maximum absolute atomic E-state index is 13.7. The zero-order valence-electron chi connectivity index (χ0n) is 11.0. The van der Waals surface area contributed by atoms with Gasteiger partial charge in [0.15, 0.2) is 0 Å². The molecule has 1 aromatic rings. The standard InChI is InChI=1S/C15H18ClFO2/c1-2-19-13-7-10(8-13)6-12(18)9-11-4-3-5-14(16)15(11)17/h3-5,10,13H,2,6-9H2,1H3. The molecule has 0 spiro atoms. The Morgan fingerprint density at radius 1 is 1.47 bits per heavy atom. The van der Waals surface area contributed by atoms with E-state index in [1.54, 1.807) is 12.1 Å². The molecule has 0 atom stereocenters. The smallest absolute Gasteiger partial charge is 0.145 e. The molecule has 0 bridgehead atoms. The Hall–Kier alpha value is -0.930. The molecule has 0 amide bonds. The van der Waals surface area contributed by atoms with Gasteiger partial charge >= 0.3 is 0 Å². The third-order valence-electron chi connectivity index (χ3n) is 3.53. The number of ketones is 1. The van der Waals surface area contributed by atoms with Crippen molar-refractivity contribution < 1.29 is 13.9 Å². The molecule has 0 aromatic heterocycles. The van der Waals surface area contributed by atoms with Crippen LogP contribution in [0.3, 0.4) is 0 Å². The number of carbonyl (C=O) groups excluding carboxylic acids is 1. The van der Waals surface area contributed by atoms with Crippen molar-refractivity contribution in [2.24, 2.45) is 5.92 Å². The second-order valence-corrected chi connectivity index (χ2v) is 5.45. The fourth-order valence-electron chi connectivity index (χ4n) is 2.50. The molecular weight excluding hydrogens is 267 g/mol. The van der Waals surface area contributed by atoms with Gasteiger partial charge in [-0.15, -0.1) is 0 Å². The summed E-state index contributed by atoms with van der Waals surface area (Å²) in [6.07, 6.45) is 2.83. The second kappa shape index (κ2) is 6.49. The van der Waals surface area contributed by atoms with Crippen LogP contribution >= 0.6 is 11.6 Å². The summed E-state index contributed by atoms with van der Waals surface area (Å²) >= 11 is 5.69. The Bertz CT molecular complexity index is 455. The molecule has 1 fully saturated rings. The molecule has 0 radical (unpaired) electrons. The molecule has 0 N–H and O–H groups in total. The zero-order chi connectivity index (χ0) is 13.8. The van der Waals surface area contributed by atoms with Crippen LogP contribution in [-0.2, 0) is 16.0 Å². The van der Waals surface area contributed by atoms with Gasteiger partial charge in [-0.25, -0.2) is 4.39 Å². The maximum Gasteiger partial charge on any atom is 0.145 e. The number of halogens is 2. The highest BCUT2D eigenvalue weighted by Crippen LogP contribution is 2.33. The average Bonchev–Trinajstić information content (AvgIpc) is 2.32. The summed E-state index contributed by atoms with van der Waals surface area (Å²) in [5.41, 5.74) is 0.387. The van der Waals surface area contributed by atoms with E-state index in [9.17, 15) is 9.18 Å². The number of ether oxygens (including phenoxy) is 1. The van der Waals surface area contributed by atoms with Gasteiger partial charge in [0.25, 0.3) is 0 Å². The predicted octanol–water partition coefficient (Wildman–Crippen LogP) is 3.80. The maximum atomic E-state index is 13.7. The lowest BCUT2D eigenvalue weighted by Crippen LogP contribution is -2.33. The van der Waals surface area contributed by atoms with Gasteiger partial charge in [-0.1, -0.05) is 23.7 Å². The lowest BCUT2D eigenvalue weighted by molar-refractivity contribution is -0.121. The van der Waals surface area contributed by atoms with Gasteiger partial charge < -0.3 is 4.74 Å². The van der Waals surface area contributed by atoms with Crippen LogP contribution in [0.5, 0.6) is 0 Å². The van der Waals surface area contributed by atoms with E-state index < -0.39 is 5.82 Å². The van der Waals surface area contributed by atoms with Crippen molar-refractivity contribution in [2.45, 2.75) is 38.7 Å². The van der Waals surface area contributed by atoms with Crippen LogP contribution in [0.2, 0.25) is 5.02 Å². The van der Waals surface area contributed by atoms with Gasteiger partial charge in [-0.2, -0.15) is 0 Å². The minimum atomic E-state index is -0.474. The molecule has 0 saturated heterocycles. The molecule has 1 saturated carbocycles. The summed E-state index contributed by atoms with van der Waals surface area (Å²) in [6, 6.07) is 4.77. The molecule has 0 unspecified atom stereocenters. The summed E-state index contributed by atoms with van der Waals surface area (Å²) in [6.45, 7) is 2.69. The van der Waals surface area contributed by atoms with Crippen LogP contribution in [0, 0.1) is 11.7 Å². The molecule has 1 aliphatic rings. The predicted molar refractivity (Wildman–Crippen MR) is 72.9 cm³/mol. The molecule has 0 heterocycles. The first-order chi connectivity index (χ1) is 9.10. The molecular formula is C15H18ClFO2. The van der Waals surface area contributed by atoms with E-state index in [0.717, 1.165) is 19.4 Å². The number of Topliss-reactive ketones (excluding diaryl/α,β-unsaturated/α-hetero) is 1. The van der Waals surface area contributed by atoms with Crippen LogP contribution in [0.1, 0.15) is 31.7 Å². The summed E-state index contributed by atoms with van der Waals surface area (Å²) in [5, 5.41) is 0.0744. The van der Waals surface area contributed by atoms with Crippen molar-refractivity contribution in [3.8, 4) is 0 Å². The highest BCUT2D eigenvalue weighted by atomic mass is 35.5. The van der Waals surface area contributed by atoms with Crippen LogP contribution in [0.4, 0.5) is 4.39 Å². The van der Waals surface area contributed by atoms with Gasteiger partial charge in [0.1, 0.15) is 11.6 Å². The number of rotatable bonds is 6. The van der Waals surface area contributed by atoms with E-state index in [4.69, 9.17) is 16.3 Å². The largest absolute Gasteiger partial charge is 0.378 e. The summed E-state index contributed by atoms with van der Waals surface area (Å²) in [4.78, 5) is 11.9. The van der Waals surface area contributed by atoms with E-state index in [1.165, 1.54) is 6.07 Å². The minimum Gasteiger partial charge on any atom is -0.378 e. The molecule has 2 nitrogen and oxygen atoms in total. The van der Waals surface area contributed by atoms with Crippen molar-refractivity contribution in [1.29, 1.82) is 0 Å². The van der Waals surface area contributed by atoms with Crippen molar-refractivity contribution in [1.82, 2.24) is 0 Å². The fraction of sp³-hybridized carbons (Fsp3) is 0.533. The first kappa shape index (κ1) is 14.5. The molecule has 104 valence electrons. The number of carbonyl (C=O) groups is 1. The number of hydrogen-bond acceptors (Lipinski definition) is 2. The third kappa shape index (κ3) is 3.77. The SMILES string of the molecule is CCOC1CC(CC(=O)Cc2cccc(Cl)c2F)C1. The van der Waals surface area contributed by atoms with Crippen LogP contribution in [0.25, 0.3) is 0 Å². The summed E-state index contributed by atoms with van der Waals surface area (Å²) in [5.74, 6) is -0.00858. The van der Waals surface area contributed by atoms with Crippen LogP contribution < -0.4 is 0 Å². The molecule has 19 heavy (non-hydrogen) atoms. The van der Waals surface area contributed by atoms with Crippen LogP contribution in [0.15, 0.2) is 18.2 Å². The quantitative estimate of drug-likeness (QED) is 0.794. The normalized spacial score (nSPS) is 22.1. The third-order valence-corrected chi connectivity index (χ3v) is 3.82. The van der Waals surface area contributed by atoms with Gasteiger partial charge in [0.2, 0.25) is 0 Å². The van der Waals surface area contributed by atoms with E-state index in [0.29, 0.717) is 24.0 Å². The van der Waals surface area contributed by atoms with Gasteiger partial charge in [-0.3, -0.25) is 4.79 Å². The van der Waals surface area contributed by atoms with E-state index in [1.807, 2.05) is 6.92 Å². The number of hydrogen-bond donors (Lipinski definition) is 0. The first-order valence-electron chi connectivity index (χ1n) is 6.66. The van der Waals surface area contributed by atoms with E-state index >= 15 is 0 Å². The van der Waals surface area contributed by atoms with Crippen molar-refractivity contribution in [2.75, 3.05) is 6.61 Å². The fourth-order valence-corrected chi connectivity index (χ4v) is 2.70. The van der Waals surface area contributed by atoms with Crippen LogP contribution in [-0.4, -0.2) is 18.5 Å². The van der Waals surface area contributed by atoms with Gasteiger partial charge in [-0.05, 0) is 37.3 Å². The second-order valence-electron chi connectivity index (χ2n) is 5.05. The zero-order valence-corrected chi connectivity index (χ0v) is 11.8. The Morgan fingerprint density at radius 3 is 2.89 bits per heavy atom. The monoisotopic (exact) mass is 284 g/mol. The topological polar surface area (TPSA) is 26.3 Å². The average molecular weight is 285 g/mol. The minimum absolute atomic E-state index is 0.0705. The highest BCUT2D eigenvalue weighted by Gasteiger charge is 2.31. The Labute approximate surface area is 117 Å². The molecule has 2 rings (SSSR count). The Kier molecular flexibility index (Phi) is 4.94. The number of benzene rings is 1. The molecule has 1 aliphatic carbocycles. The molecule has 1 aromatic carbocycles. The Balaban J connectivity index is 1.81. The van der Waals surface area contributed by atoms with Crippen molar-refractivity contribution >= 4 is 17.4 Å². The summed E-state index contributed by atoms with van der Waals surface area (Å²) < 4.78 is 19.1. The van der Waals surface area contributed by atoms with E-state index in [-0.39, 0.29) is 17.2 Å². The Morgan fingerprint density at radius 2 is 2.21 bits per heavy atom. The lowest BCUT2D eigenvalue weighted by atomic mass is 9.78. The van der Waals surface area contributed by atoms with E-state index in [2.05, 4.69) is 0 Å². The lowest BCUT2D eigenvalue weighted by Gasteiger charge is -2.34. The van der Waals surface area contributed by atoms with Crippen molar-refractivity contribution in [3.63, 3.8) is 0 Å². The highest BCUT2D eigenvalue weighted by molar-refractivity contribution is 6.30. The molecule has 0 aliphatic heterocycles. The first-order valence-corrected chi connectivity index (χ1v) is 7.04. The summed E-state index contributed by atoms with van der Waals surface area (Å²) in [7, 11) is 0. The van der Waals surface area contributed by atoms with Gasteiger partial charge in [0.05, 0.1) is 11.1 Å². The molecule has 4 heteroatoms.